The van der Waals surface area contributed by atoms with Gasteiger partial charge in [0, 0.05) is 21.3 Å². The third-order valence-corrected chi connectivity index (χ3v) is 6.13. The molecular formula is C25H22BrCl2N3O4. The first-order valence-corrected chi connectivity index (χ1v) is 11.9. The van der Waals surface area contributed by atoms with Gasteiger partial charge in [0.15, 0.2) is 11.5 Å². The predicted molar refractivity (Wildman–Crippen MR) is 142 cm³/mol. The molecule has 0 aromatic heterocycles. The van der Waals surface area contributed by atoms with Gasteiger partial charge in [-0.1, -0.05) is 47.5 Å². The highest BCUT2D eigenvalue weighted by molar-refractivity contribution is 9.10. The molecule has 2 N–H and O–H groups in total. The Labute approximate surface area is 221 Å². The molecule has 0 heterocycles. The Bertz CT molecular complexity index is 1270. The fraction of sp³-hybridized carbons (Fsp3) is 0.160. The molecule has 3 rings (SSSR count). The molecule has 2 amide bonds. The number of nitrogens with one attached hydrogen (secondary N) is 2. The van der Waals surface area contributed by atoms with Gasteiger partial charge in [0.2, 0.25) is 11.8 Å². The molecule has 0 radical (unpaired) electrons. The van der Waals surface area contributed by atoms with Crippen molar-refractivity contribution in [2.24, 2.45) is 5.10 Å². The number of methoxy groups -OCH3 is 1. The first kappa shape index (κ1) is 26.5. The van der Waals surface area contributed by atoms with Gasteiger partial charge < -0.3 is 14.8 Å². The summed E-state index contributed by atoms with van der Waals surface area (Å²) in [6.07, 6.45) is 1.03. The molecule has 3 aromatic rings. The van der Waals surface area contributed by atoms with Crippen LogP contribution in [0.25, 0.3) is 0 Å². The van der Waals surface area contributed by atoms with E-state index in [-0.39, 0.29) is 6.61 Å². The lowest BCUT2D eigenvalue weighted by molar-refractivity contribution is -0.126. The smallest absolute Gasteiger partial charge is 0.249 e. The van der Waals surface area contributed by atoms with Gasteiger partial charge in [-0.15, -0.1) is 0 Å². The average Bonchev–Trinajstić information content (AvgIpc) is 2.81. The van der Waals surface area contributed by atoms with Crippen LogP contribution < -0.4 is 20.2 Å². The highest BCUT2D eigenvalue weighted by Gasteiger charge is 2.13. The van der Waals surface area contributed by atoms with Crippen LogP contribution in [-0.2, 0) is 16.2 Å². The van der Waals surface area contributed by atoms with Crippen LogP contribution >= 0.6 is 39.1 Å². The largest absolute Gasteiger partial charge is 0.493 e. The minimum atomic E-state index is -0.567. The molecule has 0 saturated heterocycles. The molecule has 10 heteroatoms. The summed E-state index contributed by atoms with van der Waals surface area (Å²) in [6.45, 7) is 2.11. The number of benzene rings is 3. The Morgan fingerprint density at radius 2 is 1.83 bits per heavy atom. The number of rotatable bonds is 9. The third kappa shape index (κ3) is 7.71. The summed E-state index contributed by atoms with van der Waals surface area (Å²) in [4.78, 5) is 24.2. The SMILES string of the molecule is COc1cc(C=NNC(=O)CC(=O)Nc2ccc(C)c(Cl)c2)cc(Br)c1OCc1ccccc1Cl. The molecule has 0 aliphatic carbocycles. The molecule has 0 atom stereocenters. The number of anilines is 1. The number of aryl methyl sites for hydroxylation is 1. The summed E-state index contributed by atoms with van der Waals surface area (Å²) in [5, 5.41) is 7.68. The van der Waals surface area contributed by atoms with Crippen molar-refractivity contribution in [2.45, 2.75) is 20.0 Å². The van der Waals surface area contributed by atoms with Gasteiger partial charge in [0.1, 0.15) is 13.0 Å². The first-order valence-electron chi connectivity index (χ1n) is 10.4. The summed E-state index contributed by atoms with van der Waals surface area (Å²) in [7, 11) is 1.52. The number of hydrazone groups is 1. The molecule has 0 fully saturated rings. The van der Waals surface area contributed by atoms with Gasteiger partial charge in [-0.3, -0.25) is 9.59 Å². The van der Waals surface area contributed by atoms with Crippen LogP contribution in [0.2, 0.25) is 10.0 Å². The number of halogens is 3. The summed E-state index contributed by atoms with van der Waals surface area (Å²) in [5.41, 5.74) is 5.21. The Hall–Kier alpha value is -3.07. The van der Waals surface area contributed by atoms with Crippen molar-refractivity contribution in [3.63, 3.8) is 0 Å². The fourth-order valence-electron chi connectivity index (χ4n) is 2.96. The van der Waals surface area contributed by atoms with Crippen molar-refractivity contribution in [1.29, 1.82) is 0 Å². The second-order valence-corrected chi connectivity index (χ2v) is 9.07. The van der Waals surface area contributed by atoms with Crippen molar-refractivity contribution in [3.8, 4) is 11.5 Å². The summed E-state index contributed by atoms with van der Waals surface area (Å²) in [5.74, 6) is -0.0819. The van der Waals surface area contributed by atoms with Crippen LogP contribution in [0.4, 0.5) is 5.69 Å². The highest BCUT2D eigenvalue weighted by atomic mass is 79.9. The molecule has 182 valence electrons. The van der Waals surface area contributed by atoms with Crippen molar-refractivity contribution in [1.82, 2.24) is 5.43 Å². The van der Waals surface area contributed by atoms with E-state index in [4.69, 9.17) is 32.7 Å². The molecule has 0 saturated carbocycles. The van der Waals surface area contributed by atoms with Crippen molar-refractivity contribution < 1.29 is 19.1 Å². The number of amides is 2. The van der Waals surface area contributed by atoms with E-state index in [0.717, 1.165) is 11.1 Å². The standard InChI is InChI=1S/C25H22BrCl2N3O4/c1-15-7-8-18(11-21(15)28)30-23(32)12-24(33)31-29-13-16-9-19(26)25(22(10-16)34-2)35-14-17-5-3-4-6-20(17)27/h3-11,13H,12,14H2,1-2H3,(H,30,32)(H,31,33). The van der Waals surface area contributed by atoms with Crippen LogP contribution in [0, 0.1) is 6.92 Å². The van der Waals surface area contributed by atoms with Crippen LogP contribution in [-0.4, -0.2) is 25.1 Å². The van der Waals surface area contributed by atoms with Gasteiger partial charge >= 0.3 is 0 Å². The number of carbonyl (C=O) groups is 2. The third-order valence-electron chi connectivity index (χ3n) is 4.76. The van der Waals surface area contributed by atoms with E-state index in [1.54, 1.807) is 36.4 Å². The van der Waals surface area contributed by atoms with E-state index in [1.807, 2.05) is 25.1 Å². The van der Waals surface area contributed by atoms with Gasteiger partial charge in [-0.2, -0.15) is 5.10 Å². The van der Waals surface area contributed by atoms with E-state index in [2.05, 4.69) is 31.8 Å². The molecule has 0 aliphatic heterocycles. The molecule has 0 aliphatic rings. The van der Waals surface area contributed by atoms with Crippen LogP contribution in [0.1, 0.15) is 23.1 Å². The van der Waals surface area contributed by atoms with Crippen molar-refractivity contribution in [3.05, 3.63) is 85.8 Å². The minimum Gasteiger partial charge on any atom is -0.493 e. The zero-order valence-electron chi connectivity index (χ0n) is 18.9. The van der Waals surface area contributed by atoms with E-state index in [0.29, 0.717) is 37.3 Å². The Morgan fingerprint density at radius 3 is 2.54 bits per heavy atom. The number of nitrogens with zero attached hydrogens (tertiary/aromatic N) is 1. The summed E-state index contributed by atoms with van der Waals surface area (Å²) >= 11 is 15.7. The second-order valence-electron chi connectivity index (χ2n) is 7.40. The van der Waals surface area contributed by atoms with Gasteiger partial charge in [0.05, 0.1) is 17.8 Å². The van der Waals surface area contributed by atoms with Gasteiger partial charge in [-0.25, -0.2) is 5.43 Å². The molecule has 35 heavy (non-hydrogen) atoms. The molecule has 0 unspecified atom stereocenters. The van der Waals surface area contributed by atoms with Crippen LogP contribution in [0.3, 0.4) is 0 Å². The number of hydrogen-bond acceptors (Lipinski definition) is 5. The maximum absolute atomic E-state index is 12.1. The summed E-state index contributed by atoms with van der Waals surface area (Å²) in [6, 6.07) is 16.0. The van der Waals surface area contributed by atoms with Crippen molar-refractivity contribution in [2.75, 3.05) is 12.4 Å². The maximum Gasteiger partial charge on any atom is 0.249 e. The molecule has 0 bridgehead atoms. The zero-order chi connectivity index (χ0) is 25.4. The molecule has 0 spiro atoms. The molecule has 7 nitrogen and oxygen atoms in total. The summed E-state index contributed by atoms with van der Waals surface area (Å²) < 4.78 is 12.0. The number of hydrogen-bond donors (Lipinski definition) is 2. The second kappa shape index (κ2) is 12.6. The monoisotopic (exact) mass is 577 g/mol. The lowest BCUT2D eigenvalue weighted by Gasteiger charge is -2.14. The lowest BCUT2D eigenvalue weighted by Crippen LogP contribution is -2.24. The van der Waals surface area contributed by atoms with Crippen molar-refractivity contribution >= 4 is 62.8 Å². The topological polar surface area (TPSA) is 89.0 Å². The normalized spacial score (nSPS) is 10.8. The number of carbonyl (C=O) groups excluding carboxylic acids is 2. The van der Waals surface area contributed by atoms with Gasteiger partial charge in [0.25, 0.3) is 0 Å². The molecule has 3 aromatic carbocycles. The first-order chi connectivity index (χ1) is 16.8. The van der Waals surface area contributed by atoms with E-state index < -0.39 is 18.2 Å². The quantitative estimate of drug-likeness (QED) is 0.181. The molecular weight excluding hydrogens is 557 g/mol. The van der Waals surface area contributed by atoms with E-state index in [9.17, 15) is 9.59 Å². The lowest BCUT2D eigenvalue weighted by atomic mass is 10.2. The average molecular weight is 579 g/mol. The Kier molecular flexibility index (Phi) is 9.54. The van der Waals surface area contributed by atoms with E-state index >= 15 is 0 Å². The van der Waals surface area contributed by atoms with E-state index in [1.165, 1.54) is 13.3 Å². The maximum atomic E-state index is 12.1. The number of ether oxygens (including phenoxy) is 2. The predicted octanol–water partition coefficient (Wildman–Crippen LogP) is 6.13. The minimum absolute atomic E-state index is 0.259. The highest BCUT2D eigenvalue weighted by Crippen LogP contribution is 2.37. The van der Waals surface area contributed by atoms with Crippen LogP contribution in [0.5, 0.6) is 11.5 Å². The Morgan fingerprint density at radius 1 is 1.06 bits per heavy atom. The van der Waals surface area contributed by atoms with Gasteiger partial charge in [-0.05, 0) is 64.3 Å². The fourth-order valence-corrected chi connectivity index (χ4v) is 3.90. The zero-order valence-corrected chi connectivity index (χ0v) is 22.0. The Balaban J connectivity index is 1.57. The van der Waals surface area contributed by atoms with Crippen LogP contribution in [0.15, 0.2) is 64.2 Å².